The van der Waals surface area contributed by atoms with Crippen molar-refractivity contribution >= 4 is 38.3 Å². The van der Waals surface area contributed by atoms with Crippen LogP contribution in [0, 0.1) is 5.92 Å². The summed E-state index contributed by atoms with van der Waals surface area (Å²) in [5.74, 6) is 0.0198. The molecule has 2 fully saturated rings. The third-order valence-electron chi connectivity index (χ3n) is 13.7. The molecule has 1 unspecified atom stereocenters. The average molecular weight is 848 g/mol. The van der Waals surface area contributed by atoms with Crippen molar-refractivity contribution < 1.29 is 14.4 Å². The SMILES string of the molecule is CN(C(=O)C1CCC(C)(P)CC1)[C@@H](CCN1CCN(Cc2cncs2)[C@@H](CN(CCCCN2C(=O)c3ccccc3C2=O)[C@H]2CCCc3cccnc32)C1)c1ccccc1. The van der Waals surface area contributed by atoms with E-state index in [1.54, 1.807) is 23.5 Å². The lowest BCUT2D eigenvalue weighted by atomic mass is 9.81. The zero-order chi connectivity index (χ0) is 41.6. The van der Waals surface area contributed by atoms with Crippen LogP contribution in [-0.2, 0) is 17.8 Å². The van der Waals surface area contributed by atoms with E-state index in [0.717, 1.165) is 110 Å². The second-order valence-corrected chi connectivity index (χ2v) is 20.3. The van der Waals surface area contributed by atoms with Gasteiger partial charge in [-0.15, -0.1) is 20.6 Å². The molecule has 0 spiro atoms. The van der Waals surface area contributed by atoms with Crippen molar-refractivity contribution in [3.05, 3.63) is 117 Å². The predicted molar refractivity (Wildman–Crippen MR) is 242 cm³/mol. The Bertz CT molecular complexity index is 2040. The number of amides is 3. The standard InChI is InChI=1S/C48H62N7O3PS/c1-48(59)22-19-37(20-23-48)45(56)51(2)42(35-12-4-3-5-13-35)21-27-52-28-29-53(33-39-30-49-34-60-39)38(31-52)32-54(43-18-10-14-36-15-11-24-50-44(36)43)25-8-9-26-55-46(57)40-16-6-7-17-41(40)47(55)58/h3-7,11-13,15-17,24,30,34,37-38,42-43H,8-10,14,18-23,25-29,31-33,59H2,1-2H3/t37?,38-,42+,43+,48?/m1/s1. The number of benzene rings is 2. The summed E-state index contributed by atoms with van der Waals surface area (Å²) >= 11 is 1.72. The van der Waals surface area contributed by atoms with Gasteiger partial charge in [0.05, 0.1) is 34.4 Å². The highest BCUT2D eigenvalue weighted by molar-refractivity contribution is 7.18. The van der Waals surface area contributed by atoms with Gasteiger partial charge in [0.1, 0.15) is 0 Å². The number of imide groups is 1. The van der Waals surface area contributed by atoms with Crippen LogP contribution in [0.25, 0.3) is 0 Å². The van der Waals surface area contributed by atoms with Gasteiger partial charge in [-0.2, -0.15) is 0 Å². The molecule has 4 heterocycles. The van der Waals surface area contributed by atoms with Gasteiger partial charge >= 0.3 is 0 Å². The van der Waals surface area contributed by atoms with Crippen molar-refractivity contribution in [2.45, 2.75) is 101 Å². The Morgan fingerprint density at radius 2 is 1.70 bits per heavy atom. The van der Waals surface area contributed by atoms with Crippen LogP contribution >= 0.6 is 20.6 Å². The lowest BCUT2D eigenvalue weighted by Gasteiger charge is -2.45. The summed E-state index contributed by atoms with van der Waals surface area (Å²) in [5.41, 5.74) is 6.70. The maximum atomic E-state index is 14.1. The van der Waals surface area contributed by atoms with Crippen LogP contribution in [0.4, 0.5) is 0 Å². The molecule has 0 bridgehead atoms. The molecule has 4 atom stereocenters. The van der Waals surface area contributed by atoms with Gasteiger partial charge in [0.2, 0.25) is 5.91 Å². The van der Waals surface area contributed by atoms with E-state index in [0.29, 0.717) is 17.7 Å². The summed E-state index contributed by atoms with van der Waals surface area (Å²) < 4.78 is 0. The van der Waals surface area contributed by atoms with Gasteiger partial charge in [0.15, 0.2) is 0 Å². The molecular weight excluding hydrogens is 786 g/mol. The number of piperazine rings is 1. The maximum absolute atomic E-state index is 14.1. The van der Waals surface area contributed by atoms with Gasteiger partial charge in [-0.3, -0.25) is 39.1 Å². The highest BCUT2D eigenvalue weighted by Gasteiger charge is 2.38. The van der Waals surface area contributed by atoms with Gasteiger partial charge < -0.3 is 9.80 Å². The number of aryl methyl sites for hydroxylation is 1. The number of hydrogen-bond acceptors (Lipinski definition) is 9. The smallest absolute Gasteiger partial charge is 0.261 e. The summed E-state index contributed by atoms with van der Waals surface area (Å²) in [6, 6.07) is 22.6. The van der Waals surface area contributed by atoms with Crippen LogP contribution in [0.1, 0.15) is 119 Å². The second kappa shape index (κ2) is 19.5. The van der Waals surface area contributed by atoms with Crippen LogP contribution in [0.5, 0.6) is 0 Å². The molecule has 12 heteroatoms. The molecule has 2 aliphatic carbocycles. The van der Waals surface area contributed by atoms with E-state index in [2.05, 4.69) is 83.2 Å². The molecule has 2 aliphatic heterocycles. The number of pyridine rings is 1. The normalized spacial score (nSPS) is 24.1. The number of aromatic nitrogens is 2. The Morgan fingerprint density at radius 1 is 0.950 bits per heavy atom. The Balaban J connectivity index is 0.982. The van der Waals surface area contributed by atoms with E-state index in [4.69, 9.17) is 4.98 Å². The summed E-state index contributed by atoms with van der Waals surface area (Å²) in [5, 5.41) is 0.237. The van der Waals surface area contributed by atoms with Crippen molar-refractivity contribution in [2.75, 3.05) is 52.9 Å². The number of carbonyl (C=O) groups excluding carboxylic acids is 3. The van der Waals surface area contributed by atoms with Gasteiger partial charge in [0, 0.05) is 82.1 Å². The Kier molecular flexibility index (Phi) is 13.9. The number of nitrogens with zero attached hydrogens (tertiary/aromatic N) is 7. The number of fused-ring (bicyclic) bond motifs is 2. The van der Waals surface area contributed by atoms with Crippen LogP contribution in [-0.4, -0.2) is 116 Å². The lowest BCUT2D eigenvalue weighted by Crippen LogP contribution is -2.57. The molecule has 4 aliphatic rings. The molecule has 4 aromatic rings. The molecule has 1 saturated carbocycles. The molecule has 3 amide bonds. The van der Waals surface area contributed by atoms with Gasteiger partial charge in [-0.25, -0.2) is 0 Å². The summed E-state index contributed by atoms with van der Waals surface area (Å²) in [6.45, 7) is 9.10. The first-order chi connectivity index (χ1) is 29.1. The minimum Gasteiger partial charge on any atom is -0.338 e. The Labute approximate surface area is 362 Å². The van der Waals surface area contributed by atoms with Crippen LogP contribution in [0.2, 0.25) is 0 Å². The van der Waals surface area contributed by atoms with Crippen molar-refractivity contribution in [3.8, 4) is 0 Å². The molecule has 2 aromatic carbocycles. The molecule has 318 valence electrons. The first-order valence-electron chi connectivity index (χ1n) is 22.2. The molecular formula is C48H62N7O3PS. The van der Waals surface area contributed by atoms with Gasteiger partial charge in [0.25, 0.3) is 11.8 Å². The van der Waals surface area contributed by atoms with Gasteiger partial charge in [-0.1, -0.05) is 55.5 Å². The number of unbranched alkanes of at least 4 members (excludes halogenated alkanes) is 1. The van der Waals surface area contributed by atoms with Crippen LogP contribution in [0.15, 0.2) is 84.6 Å². The number of hydrogen-bond donors (Lipinski definition) is 0. The van der Waals surface area contributed by atoms with Crippen molar-refractivity contribution in [1.82, 2.24) is 34.5 Å². The van der Waals surface area contributed by atoms with E-state index in [1.165, 1.54) is 26.6 Å². The third-order valence-corrected chi connectivity index (χ3v) is 15.1. The van der Waals surface area contributed by atoms with E-state index in [-0.39, 0.29) is 46.9 Å². The quantitative estimate of drug-likeness (QED) is 0.0639. The summed E-state index contributed by atoms with van der Waals surface area (Å²) in [7, 11) is 5.06. The number of carbonyl (C=O) groups is 3. The highest BCUT2D eigenvalue weighted by Crippen LogP contribution is 2.40. The van der Waals surface area contributed by atoms with Crippen LogP contribution in [0.3, 0.4) is 0 Å². The summed E-state index contributed by atoms with van der Waals surface area (Å²) in [4.78, 5) is 62.6. The van der Waals surface area contributed by atoms with Crippen LogP contribution < -0.4 is 0 Å². The third kappa shape index (κ3) is 9.92. The molecule has 2 aromatic heterocycles. The fraction of sp³-hybridized carbons (Fsp3) is 0.521. The second-order valence-electron chi connectivity index (χ2n) is 18.0. The molecule has 0 N–H and O–H groups in total. The van der Waals surface area contributed by atoms with E-state index >= 15 is 0 Å². The van der Waals surface area contributed by atoms with Crippen molar-refractivity contribution in [1.29, 1.82) is 0 Å². The maximum Gasteiger partial charge on any atom is 0.261 e. The minimum absolute atomic E-state index is 0.0140. The monoisotopic (exact) mass is 847 g/mol. The van der Waals surface area contributed by atoms with E-state index < -0.39 is 0 Å². The zero-order valence-electron chi connectivity index (χ0n) is 35.5. The van der Waals surface area contributed by atoms with E-state index in [9.17, 15) is 14.4 Å². The first kappa shape index (κ1) is 42.8. The number of rotatable bonds is 16. The molecule has 60 heavy (non-hydrogen) atoms. The zero-order valence-corrected chi connectivity index (χ0v) is 37.4. The number of thiazole rings is 1. The predicted octanol–water partition coefficient (Wildman–Crippen LogP) is 7.89. The topological polar surface area (TPSA) is 93.2 Å². The Morgan fingerprint density at radius 3 is 2.43 bits per heavy atom. The average Bonchev–Trinajstić information content (AvgIpc) is 3.87. The first-order valence-corrected chi connectivity index (χ1v) is 23.7. The Hall–Kier alpha value is -3.86. The van der Waals surface area contributed by atoms with Crippen molar-refractivity contribution in [3.63, 3.8) is 0 Å². The summed E-state index contributed by atoms with van der Waals surface area (Å²) in [6.07, 6.45) is 13.7. The van der Waals surface area contributed by atoms with E-state index in [1.807, 2.05) is 37.1 Å². The highest BCUT2D eigenvalue weighted by atomic mass is 32.1. The largest absolute Gasteiger partial charge is 0.338 e. The minimum atomic E-state index is -0.179. The molecule has 10 nitrogen and oxygen atoms in total. The fourth-order valence-electron chi connectivity index (χ4n) is 10.2. The lowest BCUT2D eigenvalue weighted by molar-refractivity contribution is -0.138. The molecule has 1 saturated heterocycles. The fourth-order valence-corrected chi connectivity index (χ4v) is 11.2. The van der Waals surface area contributed by atoms with Crippen molar-refractivity contribution in [2.24, 2.45) is 5.92 Å². The van der Waals surface area contributed by atoms with Gasteiger partial charge in [-0.05, 0) is 105 Å². The molecule has 0 radical (unpaired) electrons. The molecule has 8 rings (SSSR count).